The van der Waals surface area contributed by atoms with E-state index in [0.717, 1.165) is 25.9 Å². The summed E-state index contributed by atoms with van der Waals surface area (Å²) in [5.41, 5.74) is 0. The van der Waals surface area contributed by atoms with Gasteiger partial charge in [-0.1, -0.05) is 0 Å². The lowest BCUT2D eigenvalue weighted by molar-refractivity contribution is -0.143. The Bertz CT molecular complexity index is 302. The summed E-state index contributed by atoms with van der Waals surface area (Å²) in [5.74, 6) is -0.706. The van der Waals surface area contributed by atoms with E-state index in [4.69, 9.17) is 5.11 Å². The van der Waals surface area contributed by atoms with Crippen LogP contribution < -0.4 is 0 Å². The first kappa shape index (κ1) is 11.4. The van der Waals surface area contributed by atoms with Crippen LogP contribution in [0.2, 0.25) is 0 Å². The average molecular weight is 226 g/mol. The maximum Gasteiger partial charge on any atom is 0.303 e. The second-order valence-electron chi connectivity index (χ2n) is 4.69. The number of carbonyl (C=O) groups is 2. The summed E-state index contributed by atoms with van der Waals surface area (Å²) in [6.45, 7) is 1.65. The second kappa shape index (κ2) is 4.41. The van der Waals surface area contributed by atoms with Gasteiger partial charge >= 0.3 is 5.97 Å². The number of hydrogen-bond donors (Lipinski definition) is 1. The molecule has 1 aliphatic carbocycles. The molecular formula is C11H18N2O3. The number of aliphatic carboxylic acids is 1. The molecule has 1 saturated heterocycles. The van der Waals surface area contributed by atoms with E-state index < -0.39 is 5.97 Å². The predicted molar refractivity (Wildman–Crippen MR) is 58.0 cm³/mol. The molecule has 90 valence electrons. The molecule has 2 rings (SSSR count). The largest absolute Gasteiger partial charge is 0.481 e. The summed E-state index contributed by atoms with van der Waals surface area (Å²) in [6.07, 6.45) is 2.72. The zero-order valence-electron chi connectivity index (χ0n) is 9.56. The minimum atomic E-state index is -0.829. The molecule has 2 aliphatic rings. The van der Waals surface area contributed by atoms with Gasteiger partial charge in [-0.25, -0.2) is 0 Å². The molecule has 1 aliphatic heterocycles. The lowest BCUT2D eigenvalue weighted by Gasteiger charge is -2.38. The first-order valence-corrected chi connectivity index (χ1v) is 5.82. The van der Waals surface area contributed by atoms with Crippen molar-refractivity contribution in [3.05, 3.63) is 0 Å². The van der Waals surface area contributed by atoms with Crippen molar-refractivity contribution in [1.29, 1.82) is 0 Å². The third-order valence-electron chi connectivity index (χ3n) is 3.41. The molecule has 1 N–H and O–H groups in total. The number of carboxylic acid groups (broad SMARTS) is 1. The SMILES string of the molecule is CN1CCN(C2CC2)C(=O)C1CCC(=O)O. The molecule has 16 heavy (non-hydrogen) atoms. The van der Waals surface area contributed by atoms with E-state index in [1.54, 1.807) is 0 Å². The topological polar surface area (TPSA) is 60.9 Å². The third kappa shape index (κ3) is 2.35. The Kier molecular flexibility index (Phi) is 3.14. The molecule has 1 unspecified atom stereocenters. The van der Waals surface area contributed by atoms with Crippen LogP contribution in [0.3, 0.4) is 0 Å². The number of likely N-dealkylation sites (N-methyl/N-ethyl adjacent to an activating group) is 1. The van der Waals surface area contributed by atoms with Gasteiger partial charge in [0.2, 0.25) is 5.91 Å². The van der Waals surface area contributed by atoms with Crippen molar-refractivity contribution in [3.8, 4) is 0 Å². The van der Waals surface area contributed by atoms with Gasteiger partial charge < -0.3 is 10.0 Å². The van der Waals surface area contributed by atoms with Crippen LogP contribution in [0.5, 0.6) is 0 Å². The number of nitrogens with zero attached hydrogens (tertiary/aromatic N) is 2. The number of carboxylic acids is 1. The highest BCUT2D eigenvalue weighted by atomic mass is 16.4. The molecule has 0 aromatic rings. The van der Waals surface area contributed by atoms with Crippen molar-refractivity contribution in [2.24, 2.45) is 0 Å². The summed E-state index contributed by atoms with van der Waals surface area (Å²) in [5, 5.41) is 8.66. The summed E-state index contributed by atoms with van der Waals surface area (Å²) < 4.78 is 0. The minimum absolute atomic E-state index is 0.0687. The highest BCUT2D eigenvalue weighted by Crippen LogP contribution is 2.30. The lowest BCUT2D eigenvalue weighted by atomic mass is 10.1. The normalized spacial score (nSPS) is 27.2. The summed E-state index contributed by atoms with van der Waals surface area (Å²) in [6, 6.07) is 0.207. The molecule has 0 aromatic heterocycles. The molecule has 1 atom stereocenters. The number of rotatable bonds is 4. The lowest BCUT2D eigenvalue weighted by Crippen LogP contribution is -2.56. The Labute approximate surface area is 95.0 Å². The maximum absolute atomic E-state index is 12.1. The Morgan fingerprint density at radius 3 is 2.69 bits per heavy atom. The van der Waals surface area contributed by atoms with E-state index in [0.29, 0.717) is 12.5 Å². The molecule has 1 amide bonds. The first-order valence-electron chi connectivity index (χ1n) is 5.82. The van der Waals surface area contributed by atoms with Gasteiger partial charge in [0.15, 0.2) is 0 Å². The average Bonchev–Trinajstić information content (AvgIpc) is 3.01. The molecule has 0 spiro atoms. The molecule has 0 aromatic carbocycles. The Morgan fingerprint density at radius 1 is 1.44 bits per heavy atom. The van der Waals surface area contributed by atoms with Gasteiger partial charge in [0.05, 0.1) is 6.04 Å². The fourth-order valence-corrected chi connectivity index (χ4v) is 2.26. The van der Waals surface area contributed by atoms with Crippen molar-refractivity contribution < 1.29 is 14.7 Å². The Hall–Kier alpha value is -1.10. The van der Waals surface area contributed by atoms with Crippen LogP contribution in [0.1, 0.15) is 25.7 Å². The van der Waals surface area contributed by atoms with Gasteiger partial charge in [0.1, 0.15) is 0 Å². The zero-order chi connectivity index (χ0) is 11.7. The maximum atomic E-state index is 12.1. The fraction of sp³-hybridized carbons (Fsp3) is 0.818. The fourth-order valence-electron chi connectivity index (χ4n) is 2.26. The molecule has 1 saturated carbocycles. The van der Waals surface area contributed by atoms with Crippen molar-refractivity contribution in [1.82, 2.24) is 9.80 Å². The predicted octanol–water partition coefficient (Wildman–Crippen LogP) is 0.156. The van der Waals surface area contributed by atoms with Gasteiger partial charge in [-0.2, -0.15) is 0 Å². The zero-order valence-corrected chi connectivity index (χ0v) is 9.56. The van der Waals surface area contributed by atoms with Crippen LogP contribution in [0.25, 0.3) is 0 Å². The number of hydrogen-bond acceptors (Lipinski definition) is 3. The van der Waals surface area contributed by atoms with Crippen molar-refractivity contribution in [3.63, 3.8) is 0 Å². The van der Waals surface area contributed by atoms with E-state index in [1.807, 2.05) is 16.8 Å². The molecule has 2 fully saturated rings. The second-order valence-corrected chi connectivity index (χ2v) is 4.69. The molecule has 5 heteroatoms. The summed E-state index contributed by atoms with van der Waals surface area (Å²) >= 11 is 0. The van der Waals surface area contributed by atoms with Crippen LogP contribution in [0.15, 0.2) is 0 Å². The van der Waals surface area contributed by atoms with Crippen LogP contribution in [0.4, 0.5) is 0 Å². The van der Waals surface area contributed by atoms with E-state index in [-0.39, 0.29) is 18.4 Å². The highest BCUT2D eigenvalue weighted by molar-refractivity contribution is 5.83. The van der Waals surface area contributed by atoms with Crippen molar-refractivity contribution in [2.75, 3.05) is 20.1 Å². The van der Waals surface area contributed by atoms with Gasteiger partial charge in [-0.3, -0.25) is 14.5 Å². The number of piperazine rings is 1. The molecule has 0 radical (unpaired) electrons. The molecule has 0 bridgehead atoms. The number of carbonyl (C=O) groups excluding carboxylic acids is 1. The quantitative estimate of drug-likeness (QED) is 0.741. The van der Waals surface area contributed by atoms with Crippen LogP contribution >= 0.6 is 0 Å². The Morgan fingerprint density at radius 2 is 2.12 bits per heavy atom. The highest BCUT2D eigenvalue weighted by Gasteiger charge is 2.40. The standard InChI is InChI=1S/C11H18N2O3/c1-12-6-7-13(8-2-3-8)11(16)9(12)4-5-10(14)15/h8-9H,2-7H2,1H3,(H,14,15). The van der Waals surface area contributed by atoms with Crippen LogP contribution in [-0.2, 0) is 9.59 Å². The van der Waals surface area contributed by atoms with Crippen LogP contribution in [-0.4, -0.2) is 59.0 Å². The van der Waals surface area contributed by atoms with Gasteiger partial charge in [0, 0.05) is 25.6 Å². The third-order valence-corrected chi connectivity index (χ3v) is 3.41. The molecule has 5 nitrogen and oxygen atoms in total. The van der Waals surface area contributed by atoms with E-state index in [9.17, 15) is 9.59 Å². The monoisotopic (exact) mass is 226 g/mol. The van der Waals surface area contributed by atoms with E-state index in [1.165, 1.54) is 0 Å². The van der Waals surface area contributed by atoms with Gasteiger partial charge in [-0.15, -0.1) is 0 Å². The molecule has 1 heterocycles. The smallest absolute Gasteiger partial charge is 0.303 e. The number of amides is 1. The van der Waals surface area contributed by atoms with Crippen molar-refractivity contribution >= 4 is 11.9 Å². The van der Waals surface area contributed by atoms with Crippen molar-refractivity contribution in [2.45, 2.75) is 37.8 Å². The van der Waals surface area contributed by atoms with Crippen LogP contribution in [0, 0.1) is 0 Å². The Balaban J connectivity index is 1.96. The van der Waals surface area contributed by atoms with Gasteiger partial charge in [0.25, 0.3) is 0 Å². The minimum Gasteiger partial charge on any atom is -0.481 e. The van der Waals surface area contributed by atoms with E-state index >= 15 is 0 Å². The summed E-state index contributed by atoms with van der Waals surface area (Å²) in [7, 11) is 1.90. The summed E-state index contributed by atoms with van der Waals surface area (Å²) in [4.78, 5) is 26.6. The van der Waals surface area contributed by atoms with Gasteiger partial charge in [-0.05, 0) is 26.3 Å². The first-order chi connectivity index (χ1) is 7.59. The molecular weight excluding hydrogens is 208 g/mol. The van der Waals surface area contributed by atoms with E-state index in [2.05, 4.69) is 0 Å².